The van der Waals surface area contributed by atoms with Gasteiger partial charge in [-0.15, -0.1) is 0 Å². The van der Waals surface area contributed by atoms with Crippen molar-refractivity contribution in [3.8, 4) is 0 Å². The molecule has 0 bridgehead atoms. The van der Waals surface area contributed by atoms with Gasteiger partial charge in [0.15, 0.2) is 5.96 Å². The molecule has 0 spiro atoms. The van der Waals surface area contributed by atoms with Crippen molar-refractivity contribution in [2.24, 2.45) is 4.99 Å². The van der Waals surface area contributed by atoms with E-state index in [1.807, 2.05) is 13.1 Å². The van der Waals surface area contributed by atoms with Crippen molar-refractivity contribution in [1.29, 1.82) is 0 Å². The van der Waals surface area contributed by atoms with Crippen molar-refractivity contribution in [3.63, 3.8) is 0 Å². The molecule has 150 valence electrons. The van der Waals surface area contributed by atoms with Gasteiger partial charge in [-0.3, -0.25) is 4.99 Å². The number of aromatic nitrogens is 2. The largest absolute Gasteiger partial charge is 0.356 e. The number of guanidine groups is 1. The number of unbranched alkanes of at least 4 members (excludes halogenated alkanes) is 1. The van der Waals surface area contributed by atoms with Gasteiger partial charge < -0.3 is 20.0 Å². The Labute approximate surface area is 163 Å². The van der Waals surface area contributed by atoms with Crippen molar-refractivity contribution in [2.75, 3.05) is 57.8 Å². The van der Waals surface area contributed by atoms with Crippen LogP contribution in [0.1, 0.15) is 39.0 Å². The lowest BCUT2D eigenvalue weighted by atomic mass is 10.0. The Morgan fingerprint density at radius 3 is 2.59 bits per heavy atom. The first-order valence-electron chi connectivity index (χ1n) is 10.5. The van der Waals surface area contributed by atoms with Crippen LogP contribution in [-0.2, 0) is 0 Å². The van der Waals surface area contributed by atoms with E-state index in [0.29, 0.717) is 0 Å². The van der Waals surface area contributed by atoms with E-state index in [0.717, 1.165) is 50.7 Å². The second kappa shape index (κ2) is 10.4. The minimum Gasteiger partial charge on any atom is -0.356 e. The third kappa shape index (κ3) is 5.79. The van der Waals surface area contributed by atoms with E-state index in [4.69, 9.17) is 0 Å². The van der Waals surface area contributed by atoms with Gasteiger partial charge in [-0.05, 0) is 51.8 Å². The monoisotopic (exact) mass is 373 g/mol. The van der Waals surface area contributed by atoms with Crippen LogP contribution in [0.4, 0.5) is 5.95 Å². The molecule has 2 fully saturated rings. The Morgan fingerprint density at radius 2 is 1.89 bits per heavy atom. The topological polar surface area (TPSA) is 59.9 Å². The van der Waals surface area contributed by atoms with Gasteiger partial charge in [0.1, 0.15) is 0 Å². The smallest absolute Gasteiger partial charge is 0.225 e. The summed E-state index contributed by atoms with van der Waals surface area (Å²) in [6, 6.07) is 2.63. The number of anilines is 1. The Morgan fingerprint density at radius 1 is 1.11 bits per heavy atom. The summed E-state index contributed by atoms with van der Waals surface area (Å²) in [7, 11) is 1.88. The number of nitrogens with one attached hydrogen (secondary N) is 1. The van der Waals surface area contributed by atoms with Crippen molar-refractivity contribution in [3.05, 3.63) is 18.5 Å². The predicted molar refractivity (Wildman–Crippen MR) is 111 cm³/mol. The average Bonchev–Trinajstić information content (AvgIpc) is 2.73. The van der Waals surface area contributed by atoms with Gasteiger partial charge in [0.2, 0.25) is 5.95 Å². The van der Waals surface area contributed by atoms with E-state index in [-0.39, 0.29) is 0 Å². The van der Waals surface area contributed by atoms with Crippen LogP contribution in [0.3, 0.4) is 0 Å². The van der Waals surface area contributed by atoms with Crippen LogP contribution < -0.4 is 10.2 Å². The predicted octanol–water partition coefficient (Wildman–Crippen LogP) is 1.83. The Bertz CT molecular complexity index is 569. The van der Waals surface area contributed by atoms with E-state index in [2.05, 4.69) is 41.9 Å². The number of hydrogen-bond acceptors (Lipinski definition) is 5. The molecule has 3 heterocycles. The molecule has 2 saturated heterocycles. The van der Waals surface area contributed by atoms with Gasteiger partial charge >= 0.3 is 0 Å². The molecular weight excluding hydrogens is 338 g/mol. The third-order valence-corrected chi connectivity index (χ3v) is 5.72. The summed E-state index contributed by atoms with van der Waals surface area (Å²) in [5.74, 6) is 1.85. The van der Waals surface area contributed by atoms with Crippen molar-refractivity contribution in [2.45, 2.75) is 45.1 Å². The Balaban J connectivity index is 1.34. The molecule has 1 atom stereocenters. The molecule has 0 saturated carbocycles. The normalized spacial score (nSPS) is 22.1. The van der Waals surface area contributed by atoms with E-state index in [9.17, 15) is 0 Å². The van der Waals surface area contributed by atoms with Crippen LogP contribution in [0.2, 0.25) is 0 Å². The lowest BCUT2D eigenvalue weighted by Gasteiger charge is -2.36. The van der Waals surface area contributed by atoms with Gasteiger partial charge in [-0.25, -0.2) is 9.97 Å². The summed E-state index contributed by atoms with van der Waals surface area (Å²) in [6.45, 7) is 9.64. The molecule has 1 aromatic rings. The number of nitrogens with zero attached hydrogens (tertiary/aromatic N) is 6. The molecule has 0 aliphatic carbocycles. The quantitative estimate of drug-likeness (QED) is 0.466. The molecule has 1 N–H and O–H groups in total. The van der Waals surface area contributed by atoms with Crippen LogP contribution in [0.15, 0.2) is 23.5 Å². The first kappa shape index (κ1) is 19.9. The molecule has 1 unspecified atom stereocenters. The Kier molecular flexibility index (Phi) is 7.68. The zero-order valence-corrected chi connectivity index (χ0v) is 17.0. The van der Waals surface area contributed by atoms with Gasteiger partial charge in [0, 0.05) is 58.2 Å². The molecule has 3 rings (SSSR count). The van der Waals surface area contributed by atoms with E-state index in [1.54, 1.807) is 12.4 Å². The van der Waals surface area contributed by atoms with Crippen LogP contribution >= 0.6 is 0 Å². The van der Waals surface area contributed by atoms with Gasteiger partial charge in [-0.1, -0.05) is 6.42 Å². The minimum atomic E-state index is 0.768. The molecule has 2 aliphatic heterocycles. The molecule has 0 amide bonds. The maximum Gasteiger partial charge on any atom is 0.225 e. The zero-order chi connectivity index (χ0) is 18.9. The maximum atomic E-state index is 4.48. The molecular formula is C20H35N7. The first-order chi connectivity index (χ1) is 13.3. The Hall–Kier alpha value is -1.89. The van der Waals surface area contributed by atoms with Crippen LogP contribution in [-0.4, -0.2) is 84.6 Å². The van der Waals surface area contributed by atoms with Gasteiger partial charge in [-0.2, -0.15) is 0 Å². The van der Waals surface area contributed by atoms with Crippen LogP contribution in [0.25, 0.3) is 0 Å². The highest BCUT2D eigenvalue weighted by molar-refractivity contribution is 5.80. The van der Waals surface area contributed by atoms with Gasteiger partial charge in [0.25, 0.3) is 0 Å². The molecule has 1 aromatic heterocycles. The summed E-state index contributed by atoms with van der Waals surface area (Å²) in [5.41, 5.74) is 0. The molecule has 7 heteroatoms. The zero-order valence-electron chi connectivity index (χ0n) is 17.0. The fourth-order valence-electron chi connectivity index (χ4n) is 4.03. The standard InChI is InChI=1S/C20H35N7/c1-18-8-3-5-12-25(18)13-6-4-9-22-19(21-2)26-14-16-27(17-15-26)20-23-10-7-11-24-20/h7,10-11,18H,3-6,8-9,12-17H2,1-2H3,(H,21,22). The number of piperazine rings is 1. The van der Waals surface area contributed by atoms with Crippen molar-refractivity contribution >= 4 is 11.9 Å². The summed E-state index contributed by atoms with van der Waals surface area (Å²) < 4.78 is 0. The van der Waals surface area contributed by atoms with Crippen molar-refractivity contribution in [1.82, 2.24) is 25.1 Å². The SMILES string of the molecule is CN=C(NCCCCN1CCCCC1C)N1CCN(c2ncccn2)CC1. The third-order valence-electron chi connectivity index (χ3n) is 5.72. The minimum absolute atomic E-state index is 0.768. The number of rotatable bonds is 6. The fourth-order valence-corrected chi connectivity index (χ4v) is 4.03. The van der Waals surface area contributed by atoms with E-state index >= 15 is 0 Å². The summed E-state index contributed by atoms with van der Waals surface area (Å²) >= 11 is 0. The molecule has 0 aromatic carbocycles. The van der Waals surface area contributed by atoms with Crippen LogP contribution in [0.5, 0.6) is 0 Å². The first-order valence-corrected chi connectivity index (χ1v) is 10.5. The average molecular weight is 374 g/mol. The molecule has 0 radical (unpaired) electrons. The van der Waals surface area contributed by atoms with Crippen LogP contribution in [0, 0.1) is 0 Å². The number of hydrogen-bond donors (Lipinski definition) is 1. The molecule has 27 heavy (non-hydrogen) atoms. The van der Waals surface area contributed by atoms with Crippen molar-refractivity contribution < 1.29 is 0 Å². The highest BCUT2D eigenvalue weighted by Crippen LogP contribution is 2.16. The molecule has 2 aliphatic rings. The number of likely N-dealkylation sites (tertiary alicyclic amines) is 1. The summed E-state index contributed by atoms with van der Waals surface area (Å²) in [5, 5.41) is 3.55. The van der Waals surface area contributed by atoms with Gasteiger partial charge in [0.05, 0.1) is 0 Å². The lowest BCUT2D eigenvalue weighted by Crippen LogP contribution is -2.53. The lowest BCUT2D eigenvalue weighted by molar-refractivity contribution is 0.158. The second-order valence-electron chi connectivity index (χ2n) is 7.58. The maximum absolute atomic E-state index is 4.48. The highest BCUT2D eigenvalue weighted by Gasteiger charge is 2.21. The summed E-state index contributed by atoms with van der Waals surface area (Å²) in [4.78, 5) is 20.4. The summed E-state index contributed by atoms with van der Waals surface area (Å²) in [6.07, 6.45) is 10.2. The highest BCUT2D eigenvalue weighted by atomic mass is 15.4. The fraction of sp³-hybridized carbons (Fsp3) is 0.750. The van der Waals surface area contributed by atoms with E-state index < -0.39 is 0 Å². The second-order valence-corrected chi connectivity index (χ2v) is 7.58. The van der Waals surface area contributed by atoms with E-state index in [1.165, 1.54) is 45.2 Å². The number of aliphatic imine (C=N–C) groups is 1. The molecule has 7 nitrogen and oxygen atoms in total. The number of piperidine rings is 1.